The summed E-state index contributed by atoms with van der Waals surface area (Å²) in [6.07, 6.45) is 1.85. The van der Waals surface area contributed by atoms with Gasteiger partial charge in [-0.05, 0) is 25.1 Å². The van der Waals surface area contributed by atoms with Gasteiger partial charge in [0.05, 0.1) is 6.54 Å². The van der Waals surface area contributed by atoms with Crippen molar-refractivity contribution >= 4 is 17.5 Å². The SMILES string of the molecule is CNc1nc(C)cc(C(=O)NCc2nnc3ccccn23)n1. The van der Waals surface area contributed by atoms with Gasteiger partial charge in [-0.2, -0.15) is 0 Å². The molecule has 0 aliphatic carbocycles. The molecule has 0 atom stereocenters. The van der Waals surface area contributed by atoms with Gasteiger partial charge in [0, 0.05) is 18.9 Å². The highest BCUT2D eigenvalue weighted by Gasteiger charge is 2.12. The summed E-state index contributed by atoms with van der Waals surface area (Å²) in [4.78, 5) is 20.5. The number of aromatic nitrogens is 5. The van der Waals surface area contributed by atoms with Gasteiger partial charge < -0.3 is 10.6 Å². The Bertz CT molecular complexity index is 827. The summed E-state index contributed by atoms with van der Waals surface area (Å²) in [6, 6.07) is 7.26. The zero-order chi connectivity index (χ0) is 15.5. The molecule has 0 aliphatic rings. The number of rotatable bonds is 4. The van der Waals surface area contributed by atoms with Gasteiger partial charge in [-0.25, -0.2) is 9.97 Å². The quantitative estimate of drug-likeness (QED) is 0.739. The lowest BCUT2D eigenvalue weighted by Crippen LogP contribution is -2.25. The fourth-order valence-corrected chi connectivity index (χ4v) is 2.06. The molecule has 0 radical (unpaired) electrons. The normalized spacial score (nSPS) is 10.6. The van der Waals surface area contributed by atoms with E-state index in [-0.39, 0.29) is 12.5 Å². The molecular weight excluding hydrogens is 282 g/mol. The molecule has 0 aliphatic heterocycles. The lowest BCUT2D eigenvalue weighted by Gasteiger charge is -2.06. The number of anilines is 1. The molecule has 2 N–H and O–H groups in total. The van der Waals surface area contributed by atoms with Crippen LogP contribution in [0.3, 0.4) is 0 Å². The molecule has 1 amide bonds. The van der Waals surface area contributed by atoms with Gasteiger partial charge in [0.1, 0.15) is 5.69 Å². The molecule has 0 saturated carbocycles. The summed E-state index contributed by atoms with van der Waals surface area (Å²) >= 11 is 0. The van der Waals surface area contributed by atoms with Gasteiger partial charge in [-0.1, -0.05) is 6.07 Å². The predicted molar refractivity (Wildman–Crippen MR) is 80.5 cm³/mol. The molecule has 0 bridgehead atoms. The molecule has 3 aromatic heterocycles. The minimum Gasteiger partial charge on any atom is -0.357 e. The van der Waals surface area contributed by atoms with Crippen LogP contribution in [-0.2, 0) is 6.54 Å². The van der Waals surface area contributed by atoms with Crippen LogP contribution in [0.4, 0.5) is 5.95 Å². The predicted octanol–water partition coefficient (Wildman–Crippen LogP) is 0.799. The Labute approximate surface area is 126 Å². The smallest absolute Gasteiger partial charge is 0.270 e. The first-order valence-corrected chi connectivity index (χ1v) is 6.77. The van der Waals surface area contributed by atoms with Crippen molar-refractivity contribution in [3.8, 4) is 0 Å². The molecule has 3 rings (SSSR count). The molecule has 3 aromatic rings. The molecule has 0 saturated heterocycles. The van der Waals surface area contributed by atoms with Gasteiger partial charge >= 0.3 is 0 Å². The van der Waals surface area contributed by atoms with Crippen LogP contribution in [0.15, 0.2) is 30.5 Å². The fourth-order valence-electron chi connectivity index (χ4n) is 2.06. The molecular formula is C14H15N7O. The van der Waals surface area contributed by atoms with E-state index in [4.69, 9.17) is 0 Å². The third-order valence-corrected chi connectivity index (χ3v) is 3.10. The topological polar surface area (TPSA) is 97.1 Å². The second kappa shape index (κ2) is 5.76. The number of fused-ring (bicyclic) bond motifs is 1. The zero-order valence-corrected chi connectivity index (χ0v) is 12.2. The first-order valence-electron chi connectivity index (χ1n) is 6.77. The van der Waals surface area contributed by atoms with E-state index in [1.54, 1.807) is 13.1 Å². The number of carbonyl (C=O) groups excluding carboxylic acids is 1. The highest BCUT2D eigenvalue weighted by molar-refractivity contribution is 5.92. The Kier molecular flexibility index (Phi) is 3.65. The lowest BCUT2D eigenvalue weighted by molar-refractivity contribution is 0.0944. The van der Waals surface area contributed by atoms with Gasteiger partial charge in [0.2, 0.25) is 5.95 Å². The van der Waals surface area contributed by atoms with Crippen LogP contribution < -0.4 is 10.6 Å². The largest absolute Gasteiger partial charge is 0.357 e. The van der Waals surface area contributed by atoms with Crippen molar-refractivity contribution in [2.45, 2.75) is 13.5 Å². The average Bonchev–Trinajstić information content (AvgIpc) is 2.95. The number of pyridine rings is 1. The molecule has 112 valence electrons. The Hall–Kier alpha value is -3.03. The molecule has 8 nitrogen and oxygen atoms in total. The summed E-state index contributed by atoms with van der Waals surface area (Å²) in [5, 5.41) is 13.7. The van der Waals surface area contributed by atoms with E-state index in [2.05, 4.69) is 30.8 Å². The third-order valence-electron chi connectivity index (χ3n) is 3.10. The minimum absolute atomic E-state index is 0.266. The summed E-state index contributed by atoms with van der Waals surface area (Å²) < 4.78 is 1.82. The second-order valence-corrected chi connectivity index (χ2v) is 4.70. The molecule has 22 heavy (non-hydrogen) atoms. The van der Waals surface area contributed by atoms with E-state index >= 15 is 0 Å². The highest BCUT2D eigenvalue weighted by atomic mass is 16.1. The van der Waals surface area contributed by atoms with Crippen molar-refractivity contribution in [2.24, 2.45) is 0 Å². The summed E-state index contributed by atoms with van der Waals surface area (Å²) in [6.45, 7) is 2.08. The van der Waals surface area contributed by atoms with Crippen LogP contribution in [0.2, 0.25) is 0 Å². The second-order valence-electron chi connectivity index (χ2n) is 4.70. The Balaban J connectivity index is 1.76. The van der Waals surface area contributed by atoms with Crippen molar-refractivity contribution in [2.75, 3.05) is 12.4 Å². The number of nitrogens with one attached hydrogen (secondary N) is 2. The standard InChI is InChI=1S/C14H15N7O/c1-9-7-10(18-14(15-2)17-9)13(22)16-8-12-20-19-11-5-3-4-6-21(11)12/h3-7H,8H2,1-2H3,(H,16,22)(H,15,17,18). The Morgan fingerprint density at radius 1 is 1.27 bits per heavy atom. The molecule has 0 unspecified atom stereocenters. The van der Waals surface area contributed by atoms with Crippen LogP contribution >= 0.6 is 0 Å². The highest BCUT2D eigenvalue weighted by Crippen LogP contribution is 2.06. The summed E-state index contributed by atoms with van der Waals surface area (Å²) in [7, 11) is 1.71. The zero-order valence-electron chi connectivity index (χ0n) is 12.2. The first kappa shape index (κ1) is 13.9. The van der Waals surface area contributed by atoms with Gasteiger partial charge in [0.15, 0.2) is 11.5 Å². The van der Waals surface area contributed by atoms with Crippen LogP contribution in [-0.4, -0.2) is 37.5 Å². The van der Waals surface area contributed by atoms with Gasteiger partial charge in [0.25, 0.3) is 5.91 Å². The molecule has 3 heterocycles. The Morgan fingerprint density at radius 2 is 2.14 bits per heavy atom. The Morgan fingerprint density at radius 3 is 2.95 bits per heavy atom. The summed E-state index contributed by atoms with van der Waals surface area (Å²) in [5.74, 6) is 0.788. The number of nitrogens with zero attached hydrogens (tertiary/aromatic N) is 5. The van der Waals surface area contributed by atoms with Crippen molar-refractivity contribution in [1.82, 2.24) is 29.9 Å². The number of amides is 1. The first-order chi connectivity index (χ1) is 10.7. The van der Waals surface area contributed by atoms with E-state index in [9.17, 15) is 4.79 Å². The average molecular weight is 297 g/mol. The van der Waals surface area contributed by atoms with E-state index in [0.29, 0.717) is 17.5 Å². The number of carbonyl (C=O) groups is 1. The van der Waals surface area contributed by atoms with Crippen molar-refractivity contribution < 1.29 is 4.79 Å². The maximum Gasteiger partial charge on any atom is 0.270 e. The van der Waals surface area contributed by atoms with E-state index in [1.165, 1.54) is 0 Å². The maximum atomic E-state index is 12.2. The van der Waals surface area contributed by atoms with Crippen molar-refractivity contribution in [3.05, 3.63) is 47.7 Å². The van der Waals surface area contributed by atoms with Crippen molar-refractivity contribution in [3.63, 3.8) is 0 Å². The van der Waals surface area contributed by atoms with Crippen LogP contribution in [0.1, 0.15) is 22.0 Å². The fraction of sp³-hybridized carbons (Fsp3) is 0.214. The third kappa shape index (κ3) is 2.71. The van der Waals surface area contributed by atoms with E-state index in [1.807, 2.05) is 35.7 Å². The van der Waals surface area contributed by atoms with Crippen molar-refractivity contribution in [1.29, 1.82) is 0 Å². The summed E-state index contributed by atoms with van der Waals surface area (Å²) in [5.41, 5.74) is 1.77. The molecule has 0 spiro atoms. The van der Waals surface area contributed by atoms with Gasteiger partial charge in [-0.15, -0.1) is 10.2 Å². The van der Waals surface area contributed by atoms with Crippen LogP contribution in [0, 0.1) is 6.92 Å². The van der Waals surface area contributed by atoms with Gasteiger partial charge in [-0.3, -0.25) is 9.20 Å². The molecule has 0 fully saturated rings. The van der Waals surface area contributed by atoms with Crippen LogP contribution in [0.5, 0.6) is 0 Å². The number of hydrogen-bond donors (Lipinski definition) is 2. The van der Waals surface area contributed by atoms with E-state index < -0.39 is 0 Å². The molecule has 8 heteroatoms. The molecule has 0 aromatic carbocycles. The number of aryl methyl sites for hydroxylation is 1. The van der Waals surface area contributed by atoms with E-state index in [0.717, 1.165) is 11.3 Å². The lowest BCUT2D eigenvalue weighted by atomic mass is 10.3. The monoisotopic (exact) mass is 297 g/mol. The minimum atomic E-state index is -0.283. The van der Waals surface area contributed by atoms with Crippen LogP contribution in [0.25, 0.3) is 5.65 Å². The maximum absolute atomic E-state index is 12.2. The number of hydrogen-bond acceptors (Lipinski definition) is 6.